The second kappa shape index (κ2) is 3.85. The van der Waals surface area contributed by atoms with E-state index in [1.54, 1.807) is 6.92 Å². The van der Waals surface area contributed by atoms with Gasteiger partial charge in [-0.15, -0.1) is 0 Å². The van der Waals surface area contributed by atoms with Crippen LogP contribution in [0.3, 0.4) is 0 Å². The number of carbonyl (C=O) groups excluding carboxylic acids is 1. The van der Waals surface area contributed by atoms with Crippen LogP contribution in [0.2, 0.25) is 0 Å². The topological polar surface area (TPSA) is 55.1 Å². The molecule has 0 spiro atoms. The van der Waals surface area contributed by atoms with Gasteiger partial charge in [-0.3, -0.25) is 4.79 Å². The van der Waals surface area contributed by atoms with E-state index < -0.39 is 0 Å². The Balaban J connectivity index is 2.26. The molecule has 14 heavy (non-hydrogen) atoms. The van der Waals surface area contributed by atoms with Crippen LogP contribution in [0.25, 0.3) is 0 Å². The van der Waals surface area contributed by atoms with Crippen LogP contribution in [0.5, 0.6) is 0 Å². The molecule has 0 aromatic rings. The molecular formula is C10H18N2OS. The molecule has 1 rings (SSSR count). The summed E-state index contributed by atoms with van der Waals surface area (Å²) >= 11 is 4.75. The molecule has 3 nitrogen and oxygen atoms in total. The molecule has 3 N–H and O–H groups in total. The van der Waals surface area contributed by atoms with Crippen LogP contribution in [0, 0.1) is 17.3 Å². The molecule has 4 heteroatoms. The third-order valence-corrected chi connectivity index (χ3v) is 3.41. The molecule has 1 amide bonds. The summed E-state index contributed by atoms with van der Waals surface area (Å²) in [4.78, 5) is 11.7. The van der Waals surface area contributed by atoms with Gasteiger partial charge in [0.15, 0.2) is 0 Å². The molecule has 2 atom stereocenters. The smallest absolute Gasteiger partial charge is 0.229 e. The Hall–Kier alpha value is -0.640. The lowest BCUT2D eigenvalue weighted by Gasteiger charge is -2.11. The quantitative estimate of drug-likeness (QED) is 0.688. The molecule has 0 aromatic heterocycles. The van der Waals surface area contributed by atoms with Gasteiger partial charge in [-0.2, -0.15) is 0 Å². The molecule has 2 unspecified atom stereocenters. The Morgan fingerprint density at radius 3 is 2.57 bits per heavy atom. The molecule has 0 radical (unpaired) electrons. The van der Waals surface area contributed by atoms with E-state index in [0.717, 1.165) is 6.54 Å². The second-order valence-electron chi connectivity index (χ2n) is 4.76. The Morgan fingerprint density at radius 2 is 2.21 bits per heavy atom. The third-order valence-electron chi connectivity index (χ3n) is 3.06. The molecule has 0 aliphatic heterocycles. The van der Waals surface area contributed by atoms with Crippen molar-refractivity contribution in [2.75, 3.05) is 6.54 Å². The standard InChI is InChI=1S/C10H18N2OS/c1-6(8(11)14)9(13)12-5-7-4-10(7,2)3/h6-7H,4-5H2,1-3H3,(H2,11,14)(H,12,13). The molecular weight excluding hydrogens is 196 g/mol. The second-order valence-corrected chi connectivity index (χ2v) is 5.23. The fraction of sp³-hybridized carbons (Fsp3) is 0.800. The lowest BCUT2D eigenvalue weighted by Crippen LogP contribution is -2.37. The highest BCUT2D eigenvalue weighted by Crippen LogP contribution is 2.50. The van der Waals surface area contributed by atoms with Gasteiger partial charge in [0.05, 0.1) is 10.9 Å². The average Bonchev–Trinajstić information content (AvgIpc) is 2.68. The molecule has 1 aliphatic carbocycles. The maximum Gasteiger partial charge on any atom is 0.229 e. The van der Waals surface area contributed by atoms with Crippen molar-refractivity contribution >= 4 is 23.1 Å². The Morgan fingerprint density at radius 1 is 1.71 bits per heavy atom. The van der Waals surface area contributed by atoms with Crippen molar-refractivity contribution in [3.63, 3.8) is 0 Å². The molecule has 0 heterocycles. The zero-order valence-electron chi connectivity index (χ0n) is 8.96. The Kier molecular flexibility index (Phi) is 3.14. The van der Waals surface area contributed by atoms with Crippen molar-refractivity contribution in [2.24, 2.45) is 23.0 Å². The molecule has 0 saturated heterocycles. The first-order chi connectivity index (χ1) is 6.34. The zero-order valence-corrected chi connectivity index (χ0v) is 9.78. The van der Waals surface area contributed by atoms with E-state index in [1.165, 1.54) is 6.42 Å². The fourth-order valence-electron chi connectivity index (χ4n) is 1.43. The van der Waals surface area contributed by atoms with Crippen LogP contribution in [0.15, 0.2) is 0 Å². The van der Waals surface area contributed by atoms with E-state index in [2.05, 4.69) is 19.2 Å². The van der Waals surface area contributed by atoms with Crippen LogP contribution in [-0.2, 0) is 4.79 Å². The van der Waals surface area contributed by atoms with Gasteiger partial charge < -0.3 is 11.1 Å². The van der Waals surface area contributed by atoms with Crippen LogP contribution in [0.4, 0.5) is 0 Å². The highest BCUT2D eigenvalue weighted by Gasteiger charge is 2.45. The number of amides is 1. The molecule has 1 aliphatic rings. The SMILES string of the molecule is CC(C(=O)NCC1CC1(C)C)C(N)=S. The van der Waals surface area contributed by atoms with Crippen molar-refractivity contribution in [2.45, 2.75) is 27.2 Å². The van der Waals surface area contributed by atoms with Gasteiger partial charge in [-0.05, 0) is 24.7 Å². The summed E-state index contributed by atoms with van der Waals surface area (Å²) < 4.78 is 0. The van der Waals surface area contributed by atoms with Crippen LogP contribution in [-0.4, -0.2) is 17.4 Å². The van der Waals surface area contributed by atoms with Gasteiger partial charge in [0.1, 0.15) is 0 Å². The van der Waals surface area contributed by atoms with Crippen molar-refractivity contribution < 1.29 is 4.79 Å². The van der Waals surface area contributed by atoms with Crippen LogP contribution >= 0.6 is 12.2 Å². The monoisotopic (exact) mass is 214 g/mol. The fourth-order valence-corrected chi connectivity index (χ4v) is 1.54. The number of hydrogen-bond donors (Lipinski definition) is 2. The molecule has 1 saturated carbocycles. The first-order valence-electron chi connectivity index (χ1n) is 4.91. The summed E-state index contributed by atoms with van der Waals surface area (Å²) in [5.41, 5.74) is 5.79. The summed E-state index contributed by atoms with van der Waals surface area (Å²) in [6, 6.07) is 0. The summed E-state index contributed by atoms with van der Waals surface area (Å²) in [6.07, 6.45) is 1.19. The first-order valence-corrected chi connectivity index (χ1v) is 5.32. The number of carbonyl (C=O) groups is 1. The minimum absolute atomic E-state index is 0.0554. The van der Waals surface area contributed by atoms with Crippen molar-refractivity contribution in [3.05, 3.63) is 0 Å². The lowest BCUT2D eigenvalue weighted by atomic mass is 10.1. The van der Waals surface area contributed by atoms with Crippen LogP contribution in [0.1, 0.15) is 27.2 Å². The van der Waals surface area contributed by atoms with Gasteiger partial charge in [0, 0.05) is 6.54 Å². The van der Waals surface area contributed by atoms with E-state index in [-0.39, 0.29) is 16.8 Å². The molecule has 0 bridgehead atoms. The maximum absolute atomic E-state index is 11.4. The predicted molar refractivity (Wildman–Crippen MR) is 60.8 cm³/mol. The van der Waals surface area contributed by atoms with Crippen molar-refractivity contribution in [1.82, 2.24) is 5.32 Å². The summed E-state index contributed by atoms with van der Waals surface area (Å²) in [6.45, 7) is 6.90. The normalized spacial score (nSPS) is 25.2. The van der Waals surface area contributed by atoms with Gasteiger partial charge in [0.25, 0.3) is 0 Å². The molecule has 0 aromatic carbocycles. The van der Waals surface area contributed by atoms with Crippen LogP contribution < -0.4 is 11.1 Å². The lowest BCUT2D eigenvalue weighted by molar-refractivity contribution is -0.122. The predicted octanol–water partition coefficient (Wildman–Crippen LogP) is 1.07. The first kappa shape index (κ1) is 11.4. The average molecular weight is 214 g/mol. The summed E-state index contributed by atoms with van der Waals surface area (Å²) in [7, 11) is 0. The highest BCUT2D eigenvalue weighted by atomic mass is 32.1. The minimum Gasteiger partial charge on any atom is -0.393 e. The largest absolute Gasteiger partial charge is 0.393 e. The number of hydrogen-bond acceptors (Lipinski definition) is 2. The Bertz CT molecular complexity index is 263. The highest BCUT2D eigenvalue weighted by molar-refractivity contribution is 7.80. The van der Waals surface area contributed by atoms with E-state index in [0.29, 0.717) is 11.3 Å². The number of nitrogens with one attached hydrogen (secondary N) is 1. The summed E-state index contributed by atoms with van der Waals surface area (Å²) in [5, 5.41) is 2.87. The Labute approximate surface area is 90.4 Å². The third kappa shape index (κ3) is 2.67. The van der Waals surface area contributed by atoms with Gasteiger partial charge >= 0.3 is 0 Å². The van der Waals surface area contributed by atoms with Gasteiger partial charge in [-0.25, -0.2) is 0 Å². The molecule has 1 fully saturated rings. The van der Waals surface area contributed by atoms with E-state index in [1.807, 2.05) is 0 Å². The van der Waals surface area contributed by atoms with Gasteiger partial charge in [-0.1, -0.05) is 26.1 Å². The van der Waals surface area contributed by atoms with Gasteiger partial charge in [0.2, 0.25) is 5.91 Å². The van der Waals surface area contributed by atoms with Crippen molar-refractivity contribution in [3.8, 4) is 0 Å². The number of rotatable bonds is 4. The zero-order chi connectivity index (χ0) is 10.9. The molecule has 80 valence electrons. The number of thiocarbonyl (C=S) groups is 1. The van der Waals surface area contributed by atoms with Crippen molar-refractivity contribution in [1.29, 1.82) is 0 Å². The number of nitrogens with two attached hydrogens (primary N) is 1. The minimum atomic E-state index is -0.355. The summed E-state index contributed by atoms with van der Waals surface area (Å²) in [5.74, 6) is 0.206. The van der Waals surface area contributed by atoms with E-state index in [9.17, 15) is 4.79 Å². The maximum atomic E-state index is 11.4. The van der Waals surface area contributed by atoms with E-state index in [4.69, 9.17) is 18.0 Å². The van der Waals surface area contributed by atoms with E-state index >= 15 is 0 Å².